The normalized spacial score (nSPS) is 41.8. The van der Waals surface area contributed by atoms with Crippen LogP contribution in [0.4, 0.5) is 0 Å². The summed E-state index contributed by atoms with van der Waals surface area (Å²) in [6, 6.07) is -1.15. The largest absolute Gasteiger partial charge is 0.456 e. The molecule has 1 aliphatic carbocycles. The van der Waals surface area contributed by atoms with Gasteiger partial charge in [-0.2, -0.15) is 0 Å². The number of piperidine rings is 1. The number of ketones is 2. The fraction of sp³-hybridized carbons (Fsp3) is 0.778. The average molecular weight is 818 g/mol. The standard InChI is InChI=1S/C45H71NO12/c1-11-14-32-20-26(2)19-27(3)21-38(55-9)44(7)39(56-10)23-29(5)45(53,58-44)41(50)42(51)46-18-13-12-15-33(46)43(52)57-40(30(6)35(48)25-36(32)49)28(4)22-31-16-17-34(47)37(24-31)54-8/h11,20,22,26-27,29-31,33-35,37-40,47-48,53H,1,12-19,21,23-25H2,2-10H3/b28-22?,32-20+/t26?,27-,29+,30+,31-,33-,34+,35-,37+,38-,39-,40+,44+,45+/m0/s1. The van der Waals surface area contributed by atoms with Crippen LogP contribution in [0.3, 0.4) is 0 Å². The minimum absolute atomic E-state index is 0.0121. The SMILES string of the molecule is C=CC/C1=C\C(C)C[C@H](C)C[C@H](OC)[C@@]2(C)O[C@@](O)(C(=O)C(=O)N3CCCC[C@H]3C(=O)O[C@H](C(C)=C[C@@H]3CC[C@@H](O)[C@H](OC)C3)[C@H](C)[C@@H](O)CC1=O)[C@H](C)C[C@@H]2OC. The van der Waals surface area contributed by atoms with E-state index in [4.69, 9.17) is 23.7 Å². The van der Waals surface area contributed by atoms with Crippen LogP contribution in [0.2, 0.25) is 0 Å². The summed E-state index contributed by atoms with van der Waals surface area (Å²) in [5.74, 6) is -7.44. The summed E-state index contributed by atoms with van der Waals surface area (Å²) in [7, 11) is 4.63. The number of aliphatic hydroxyl groups excluding tert-OH is 2. The molecule has 0 spiro atoms. The van der Waals surface area contributed by atoms with Gasteiger partial charge in [0.05, 0.1) is 30.5 Å². The van der Waals surface area contributed by atoms with Gasteiger partial charge in [0.2, 0.25) is 5.79 Å². The predicted octanol–water partition coefficient (Wildman–Crippen LogP) is 5.03. The summed E-state index contributed by atoms with van der Waals surface area (Å²) in [4.78, 5) is 58.1. The maximum Gasteiger partial charge on any atom is 0.329 e. The van der Waals surface area contributed by atoms with E-state index in [1.807, 2.05) is 26.0 Å². The van der Waals surface area contributed by atoms with Crippen molar-refractivity contribution >= 4 is 23.4 Å². The number of carbonyl (C=O) groups excluding carboxylic acids is 4. The Morgan fingerprint density at radius 1 is 0.931 bits per heavy atom. The lowest BCUT2D eigenvalue weighted by Gasteiger charge is -2.53. The smallest absolute Gasteiger partial charge is 0.329 e. The van der Waals surface area contributed by atoms with Crippen molar-refractivity contribution in [3.63, 3.8) is 0 Å². The Labute approximate surface area is 345 Å². The zero-order valence-corrected chi connectivity index (χ0v) is 36.3. The summed E-state index contributed by atoms with van der Waals surface area (Å²) in [6.45, 7) is 14.9. The number of fused-ring (bicyclic) bond motifs is 3. The van der Waals surface area contributed by atoms with E-state index in [2.05, 4.69) is 13.5 Å². The number of allylic oxidation sites excluding steroid dienone is 4. The van der Waals surface area contributed by atoms with Gasteiger partial charge in [-0.05, 0) is 107 Å². The Hall–Kier alpha value is -2.78. The third-order valence-electron chi connectivity index (χ3n) is 13.4. The first-order valence-electron chi connectivity index (χ1n) is 21.3. The zero-order chi connectivity index (χ0) is 43.1. The van der Waals surface area contributed by atoms with Gasteiger partial charge in [-0.25, -0.2) is 4.79 Å². The number of hydrogen-bond acceptors (Lipinski definition) is 12. The molecule has 14 atom stereocenters. The molecule has 1 saturated carbocycles. The highest BCUT2D eigenvalue weighted by Gasteiger charge is 2.61. The molecule has 13 nitrogen and oxygen atoms in total. The molecular formula is C45H71NO12. The monoisotopic (exact) mass is 817 g/mol. The minimum atomic E-state index is -2.55. The lowest BCUT2D eigenvalue weighted by molar-refractivity contribution is -0.339. The number of methoxy groups -OCH3 is 3. The van der Waals surface area contributed by atoms with Crippen LogP contribution in [-0.2, 0) is 42.9 Å². The van der Waals surface area contributed by atoms with Crippen LogP contribution in [-0.4, -0.2) is 126 Å². The van der Waals surface area contributed by atoms with E-state index in [9.17, 15) is 34.5 Å². The van der Waals surface area contributed by atoms with Gasteiger partial charge in [-0.1, -0.05) is 45.9 Å². The van der Waals surface area contributed by atoms with Crippen LogP contribution in [0.5, 0.6) is 0 Å². The Morgan fingerprint density at radius 3 is 2.24 bits per heavy atom. The average Bonchev–Trinajstić information content (AvgIpc) is 3.19. The number of nitrogens with zero attached hydrogens (tertiary/aromatic N) is 1. The second kappa shape index (κ2) is 20.7. The molecule has 0 aromatic heterocycles. The number of esters is 1. The first-order valence-corrected chi connectivity index (χ1v) is 21.3. The van der Waals surface area contributed by atoms with Gasteiger partial charge in [0.15, 0.2) is 5.78 Å². The van der Waals surface area contributed by atoms with Crippen LogP contribution >= 0.6 is 0 Å². The van der Waals surface area contributed by atoms with Crippen LogP contribution < -0.4 is 0 Å². The maximum atomic E-state index is 14.4. The van der Waals surface area contributed by atoms with Gasteiger partial charge in [0.1, 0.15) is 17.7 Å². The molecule has 328 valence electrons. The summed E-state index contributed by atoms with van der Waals surface area (Å²) < 4.78 is 30.2. The molecule has 4 rings (SSSR count). The molecule has 3 heterocycles. The van der Waals surface area contributed by atoms with Gasteiger partial charge in [-0.15, -0.1) is 6.58 Å². The van der Waals surface area contributed by atoms with Crippen LogP contribution in [0.15, 0.2) is 36.0 Å². The Kier molecular flexibility index (Phi) is 17.1. The number of aliphatic hydroxyl groups is 3. The van der Waals surface area contributed by atoms with Gasteiger partial charge in [-0.3, -0.25) is 14.4 Å². The number of rotatable bonds is 7. The topological polar surface area (TPSA) is 178 Å². The van der Waals surface area contributed by atoms with E-state index < -0.39 is 77.4 Å². The summed E-state index contributed by atoms with van der Waals surface area (Å²) >= 11 is 0. The van der Waals surface area contributed by atoms with Crippen LogP contribution in [0.25, 0.3) is 0 Å². The first kappa shape index (κ1) is 47.9. The number of hydrogen-bond donors (Lipinski definition) is 3. The molecule has 0 aromatic carbocycles. The number of carbonyl (C=O) groups is 4. The summed E-state index contributed by atoms with van der Waals surface area (Å²) in [6.07, 6.45) is 5.59. The third kappa shape index (κ3) is 10.7. The summed E-state index contributed by atoms with van der Waals surface area (Å²) in [5, 5.41) is 34.3. The second-order valence-corrected chi connectivity index (χ2v) is 17.9. The van der Waals surface area contributed by atoms with Crippen molar-refractivity contribution in [3.8, 4) is 0 Å². The minimum Gasteiger partial charge on any atom is -0.456 e. The van der Waals surface area contributed by atoms with E-state index in [-0.39, 0.29) is 55.4 Å². The number of ether oxygens (including phenoxy) is 5. The highest BCUT2D eigenvalue weighted by molar-refractivity contribution is 6.39. The molecule has 0 radical (unpaired) electrons. The fourth-order valence-electron chi connectivity index (χ4n) is 9.84. The fourth-order valence-corrected chi connectivity index (χ4v) is 9.84. The predicted molar refractivity (Wildman–Crippen MR) is 217 cm³/mol. The number of cyclic esters (lactones) is 1. The molecule has 1 unspecified atom stereocenters. The lowest BCUT2D eigenvalue weighted by Crippen LogP contribution is -2.69. The quantitative estimate of drug-likeness (QED) is 0.178. The van der Waals surface area contributed by atoms with Crippen molar-refractivity contribution in [1.29, 1.82) is 0 Å². The van der Waals surface area contributed by atoms with Crippen LogP contribution in [0, 0.1) is 29.6 Å². The van der Waals surface area contributed by atoms with Crippen molar-refractivity contribution in [1.82, 2.24) is 4.90 Å². The van der Waals surface area contributed by atoms with Gasteiger partial charge in [0, 0.05) is 46.1 Å². The van der Waals surface area contributed by atoms with Crippen molar-refractivity contribution < 1.29 is 58.2 Å². The van der Waals surface area contributed by atoms with E-state index in [1.165, 1.54) is 19.1 Å². The highest BCUT2D eigenvalue weighted by atomic mass is 16.7. The molecule has 3 fully saturated rings. The molecule has 2 bridgehead atoms. The highest BCUT2D eigenvalue weighted by Crippen LogP contribution is 2.45. The molecule has 3 N–H and O–H groups in total. The van der Waals surface area contributed by atoms with Crippen molar-refractivity contribution in [2.75, 3.05) is 27.9 Å². The van der Waals surface area contributed by atoms with Gasteiger partial charge < -0.3 is 43.9 Å². The van der Waals surface area contributed by atoms with Gasteiger partial charge in [0.25, 0.3) is 11.7 Å². The number of amides is 1. The third-order valence-corrected chi connectivity index (χ3v) is 13.4. The second-order valence-electron chi connectivity index (χ2n) is 17.9. The summed E-state index contributed by atoms with van der Waals surface area (Å²) in [5.41, 5.74) is -0.187. The lowest BCUT2D eigenvalue weighted by atomic mass is 9.75. The van der Waals surface area contributed by atoms with Crippen molar-refractivity contribution in [2.24, 2.45) is 29.6 Å². The van der Waals surface area contributed by atoms with E-state index in [1.54, 1.807) is 34.0 Å². The Bertz CT molecular complexity index is 1530. The molecule has 58 heavy (non-hydrogen) atoms. The molecule has 13 heteroatoms. The zero-order valence-electron chi connectivity index (χ0n) is 36.3. The number of Topliss-reactive ketones (excluding diaryl/α,β-unsaturated/α-hetero) is 2. The van der Waals surface area contributed by atoms with Crippen LogP contribution in [0.1, 0.15) is 112 Å². The molecule has 2 saturated heterocycles. The van der Waals surface area contributed by atoms with E-state index >= 15 is 0 Å². The molecule has 0 aromatic rings. The molecule has 4 aliphatic rings. The Morgan fingerprint density at radius 2 is 1.60 bits per heavy atom. The Balaban J connectivity index is 1.80. The van der Waals surface area contributed by atoms with Gasteiger partial charge >= 0.3 is 5.97 Å². The molecule has 1 amide bonds. The molecular weight excluding hydrogens is 746 g/mol. The van der Waals surface area contributed by atoms with E-state index in [0.717, 1.165) is 0 Å². The molecule has 3 aliphatic heterocycles. The van der Waals surface area contributed by atoms with Crippen molar-refractivity contribution in [2.45, 2.75) is 166 Å². The maximum absolute atomic E-state index is 14.4. The van der Waals surface area contributed by atoms with E-state index in [0.29, 0.717) is 62.5 Å². The first-order chi connectivity index (χ1) is 27.3. The van der Waals surface area contributed by atoms with Crippen molar-refractivity contribution in [3.05, 3.63) is 36.0 Å².